The van der Waals surface area contributed by atoms with Crippen molar-refractivity contribution in [2.45, 2.75) is 0 Å². The molecule has 4 rings (SSSR count). The lowest BCUT2D eigenvalue weighted by Crippen LogP contribution is -1.93. The number of esters is 1. The third kappa shape index (κ3) is 1.87. The summed E-state index contributed by atoms with van der Waals surface area (Å²) >= 11 is 0. The fraction of sp³-hybridized carbons (Fsp3) is 0. The summed E-state index contributed by atoms with van der Waals surface area (Å²) in [5, 5.41) is 2.14. The van der Waals surface area contributed by atoms with Gasteiger partial charge in [0.25, 0.3) is 0 Å². The van der Waals surface area contributed by atoms with E-state index in [1.165, 1.54) is 0 Å². The van der Waals surface area contributed by atoms with Crippen LogP contribution in [0.3, 0.4) is 0 Å². The van der Waals surface area contributed by atoms with Crippen molar-refractivity contribution in [1.82, 2.24) is 0 Å². The highest BCUT2D eigenvalue weighted by molar-refractivity contribution is 6.08. The van der Waals surface area contributed by atoms with Crippen molar-refractivity contribution in [3.8, 4) is 0 Å². The number of hydrogen-bond donors (Lipinski definition) is 1. The van der Waals surface area contributed by atoms with E-state index in [1.807, 2.05) is 60.7 Å². The van der Waals surface area contributed by atoms with Gasteiger partial charge in [-0.15, -0.1) is 0 Å². The van der Waals surface area contributed by atoms with Gasteiger partial charge in [-0.1, -0.05) is 48.5 Å². The van der Waals surface area contributed by atoms with E-state index in [0.717, 1.165) is 21.9 Å². The SMILES string of the molecule is Nc1ccc2ccccc2c1/C=C1\OC(=O)c2ccccc21. The standard InChI is InChI=1S/C19H13NO2/c20-17-10-9-12-5-1-2-6-13(12)16(17)11-18-14-7-3-4-8-15(14)19(21)22-18/h1-11H,20H2/b18-11-. The topological polar surface area (TPSA) is 52.3 Å². The highest BCUT2D eigenvalue weighted by Gasteiger charge is 2.25. The molecule has 0 spiro atoms. The molecule has 3 aromatic carbocycles. The summed E-state index contributed by atoms with van der Waals surface area (Å²) in [5.74, 6) is 0.226. The van der Waals surface area contributed by atoms with E-state index in [2.05, 4.69) is 0 Å². The lowest BCUT2D eigenvalue weighted by molar-refractivity contribution is 0.0717. The van der Waals surface area contributed by atoms with Crippen LogP contribution in [0.1, 0.15) is 21.5 Å². The quantitative estimate of drug-likeness (QED) is 0.541. The van der Waals surface area contributed by atoms with E-state index in [9.17, 15) is 4.79 Å². The number of cyclic esters (lactones) is 1. The summed E-state index contributed by atoms with van der Waals surface area (Å²) in [6.07, 6.45) is 1.85. The van der Waals surface area contributed by atoms with Crippen molar-refractivity contribution in [2.24, 2.45) is 0 Å². The number of hydrogen-bond acceptors (Lipinski definition) is 3. The van der Waals surface area contributed by atoms with E-state index < -0.39 is 0 Å². The Balaban J connectivity index is 1.95. The minimum Gasteiger partial charge on any atom is -0.422 e. The van der Waals surface area contributed by atoms with Crippen LogP contribution in [0.5, 0.6) is 0 Å². The van der Waals surface area contributed by atoms with Crippen molar-refractivity contribution in [3.05, 3.63) is 77.4 Å². The lowest BCUT2D eigenvalue weighted by atomic mass is 10.0. The van der Waals surface area contributed by atoms with Gasteiger partial charge in [-0.05, 0) is 29.0 Å². The lowest BCUT2D eigenvalue weighted by Gasteiger charge is -2.07. The molecule has 0 unspecified atom stereocenters. The summed E-state index contributed by atoms with van der Waals surface area (Å²) in [5.41, 5.74) is 9.06. The summed E-state index contributed by atoms with van der Waals surface area (Å²) in [4.78, 5) is 11.9. The fourth-order valence-electron chi connectivity index (χ4n) is 2.80. The first-order valence-corrected chi connectivity index (χ1v) is 7.04. The van der Waals surface area contributed by atoms with Crippen molar-refractivity contribution in [3.63, 3.8) is 0 Å². The number of fused-ring (bicyclic) bond motifs is 2. The fourth-order valence-corrected chi connectivity index (χ4v) is 2.80. The number of ether oxygens (including phenoxy) is 1. The van der Waals surface area contributed by atoms with Crippen LogP contribution in [0.2, 0.25) is 0 Å². The Morgan fingerprint density at radius 1 is 0.864 bits per heavy atom. The van der Waals surface area contributed by atoms with Crippen LogP contribution in [0, 0.1) is 0 Å². The van der Waals surface area contributed by atoms with Gasteiger partial charge < -0.3 is 10.5 Å². The largest absolute Gasteiger partial charge is 0.422 e. The van der Waals surface area contributed by atoms with Gasteiger partial charge >= 0.3 is 5.97 Å². The molecule has 1 aliphatic rings. The number of rotatable bonds is 1. The van der Waals surface area contributed by atoms with E-state index in [4.69, 9.17) is 10.5 Å². The number of carbonyl (C=O) groups is 1. The Morgan fingerprint density at radius 3 is 2.45 bits per heavy atom. The molecule has 3 heteroatoms. The van der Waals surface area contributed by atoms with Crippen LogP contribution >= 0.6 is 0 Å². The minimum absolute atomic E-state index is 0.319. The maximum absolute atomic E-state index is 11.9. The molecule has 0 aromatic heterocycles. The number of carbonyl (C=O) groups excluding carboxylic acids is 1. The average Bonchev–Trinajstić information content (AvgIpc) is 2.87. The molecule has 0 saturated heterocycles. The first-order chi connectivity index (χ1) is 10.7. The van der Waals surface area contributed by atoms with Crippen LogP contribution in [0.4, 0.5) is 5.69 Å². The second kappa shape index (κ2) is 4.74. The van der Waals surface area contributed by atoms with Gasteiger partial charge in [0.1, 0.15) is 5.76 Å². The van der Waals surface area contributed by atoms with Gasteiger partial charge in [-0.3, -0.25) is 0 Å². The molecule has 22 heavy (non-hydrogen) atoms. The number of anilines is 1. The van der Waals surface area contributed by atoms with Crippen molar-refractivity contribution in [2.75, 3.05) is 5.73 Å². The molecule has 0 saturated carbocycles. The molecule has 106 valence electrons. The maximum atomic E-state index is 11.9. The first-order valence-electron chi connectivity index (χ1n) is 7.04. The minimum atomic E-state index is -0.319. The van der Waals surface area contributed by atoms with E-state index in [-0.39, 0.29) is 5.97 Å². The van der Waals surface area contributed by atoms with Gasteiger partial charge in [0, 0.05) is 16.8 Å². The molecular weight excluding hydrogens is 274 g/mol. The third-order valence-electron chi connectivity index (χ3n) is 3.89. The second-order valence-corrected chi connectivity index (χ2v) is 5.23. The number of benzene rings is 3. The highest BCUT2D eigenvalue weighted by Crippen LogP contribution is 2.34. The summed E-state index contributed by atoms with van der Waals surface area (Å²) < 4.78 is 5.41. The molecule has 0 atom stereocenters. The zero-order valence-corrected chi connectivity index (χ0v) is 11.7. The predicted molar refractivity (Wildman–Crippen MR) is 88.1 cm³/mol. The van der Waals surface area contributed by atoms with E-state index in [1.54, 1.807) is 6.07 Å². The van der Waals surface area contributed by atoms with Crippen LogP contribution in [0.25, 0.3) is 22.6 Å². The first kappa shape index (κ1) is 12.7. The molecule has 2 N–H and O–H groups in total. The number of nitrogens with two attached hydrogens (primary N) is 1. The van der Waals surface area contributed by atoms with Crippen LogP contribution in [-0.2, 0) is 4.74 Å². The van der Waals surface area contributed by atoms with E-state index in [0.29, 0.717) is 17.0 Å². The van der Waals surface area contributed by atoms with Gasteiger partial charge in [-0.2, -0.15) is 0 Å². The molecule has 1 aliphatic heterocycles. The van der Waals surface area contributed by atoms with Crippen LogP contribution < -0.4 is 5.73 Å². The van der Waals surface area contributed by atoms with E-state index >= 15 is 0 Å². The van der Waals surface area contributed by atoms with Crippen molar-refractivity contribution in [1.29, 1.82) is 0 Å². The van der Waals surface area contributed by atoms with Crippen LogP contribution in [0.15, 0.2) is 60.7 Å². The average molecular weight is 287 g/mol. The number of nitrogen functional groups attached to an aromatic ring is 1. The Morgan fingerprint density at radius 2 is 1.59 bits per heavy atom. The van der Waals surface area contributed by atoms with Crippen molar-refractivity contribution < 1.29 is 9.53 Å². The predicted octanol–water partition coefficient (Wildman–Crippen LogP) is 4.09. The molecule has 0 amide bonds. The smallest absolute Gasteiger partial charge is 0.344 e. The summed E-state index contributed by atoms with van der Waals surface area (Å²) in [6, 6.07) is 19.2. The van der Waals surface area contributed by atoms with Crippen LogP contribution in [-0.4, -0.2) is 5.97 Å². The molecule has 0 aliphatic carbocycles. The van der Waals surface area contributed by atoms with Crippen molar-refractivity contribution >= 4 is 34.3 Å². The molecule has 3 nitrogen and oxygen atoms in total. The normalized spacial score (nSPS) is 15.1. The third-order valence-corrected chi connectivity index (χ3v) is 3.89. The summed E-state index contributed by atoms with van der Waals surface area (Å²) in [6.45, 7) is 0. The molecule has 1 heterocycles. The molecule has 0 fully saturated rings. The highest BCUT2D eigenvalue weighted by atomic mass is 16.5. The Labute approximate surface area is 127 Å². The van der Waals surface area contributed by atoms with Gasteiger partial charge in [0.15, 0.2) is 0 Å². The maximum Gasteiger partial charge on any atom is 0.344 e. The second-order valence-electron chi connectivity index (χ2n) is 5.23. The van der Waals surface area contributed by atoms with Gasteiger partial charge in [-0.25, -0.2) is 4.79 Å². The molecule has 0 bridgehead atoms. The Bertz CT molecular complexity index is 941. The molecule has 3 aromatic rings. The Kier molecular flexibility index (Phi) is 2.73. The Hall–Kier alpha value is -3.07. The molecule has 0 radical (unpaired) electrons. The van der Waals surface area contributed by atoms with Gasteiger partial charge in [0.05, 0.1) is 5.56 Å². The summed E-state index contributed by atoms with van der Waals surface area (Å²) in [7, 11) is 0. The van der Waals surface area contributed by atoms with Gasteiger partial charge in [0.2, 0.25) is 0 Å². The monoisotopic (exact) mass is 287 g/mol. The zero-order valence-electron chi connectivity index (χ0n) is 11.7. The molecular formula is C19H13NO2. The zero-order chi connectivity index (χ0) is 15.1.